The minimum atomic E-state index is -0.538. The van der Waals surface area contributed by atoms with E-state index in [-0.39, 0.29) is 5.91 Å². The normalized spacial score (nSPS) is 14.4. The maximum absolute atomic E-state index is 14.1. The van der Waals surface area contributed by atoms with E-state index >= 15 is 0 Å². The van der Waals surface area contributed by atoms with Crippen LogP contribution in [0.5, 0.6) is 11.5 Å². The molecule has 0 fully saturated rings. The van der Waals surface area contributed by atoms with Crippen LogP contribution in [0.25, 0.3) is 0 Å². The molecule has 1 aromatic heterocycles. The van der Waals surface area contributed by atoms with Gasteiger partial charge in [-0.15, -0.1) is 5.10 Å². The molecule has 1 aliphatic rings. The van der Waals surface area contributed by atoms with Crippen LogP contribution in [0.2, 0.25) is 0 Å². The first kappa shape index (κ1) is 31.9. The first-order valence-corrected chi connectivity index (χ1v) is 16.6. The summed E-state index contributed by atoms with van der Waals surface area (Å²) < 4.78 is 14.8. The lowest BCUT2D eigenvalue weighted by Gasteiger charge is -2.29. The standard InChI is InChI=1S/C32H42BrN5O3S/c1-7-10-12-16-41-29-24(33)18-23(19-26(29)40-9-3)28-27(30(39)35-25-15-13-14-20(4)21(25)5)22(6)34-31-36-32(37-38(28)31)42-17-11-8-2/h13-15,18-19,28H,7-12,16-17H2,1-6H3,(H,35,39)(H,34,36,37). The number of carbonyl (C=O) groups is 1. The SMILES string of the molecule is CCCCCOc1c(Br)cc(C2C(C(=O)Nc3cccc(C)c3C)=C(C)Nc3nc(SCCCC)nn32)cc1OCC. The first-order valence-electron chi connectivity index (χ1n) is 14.8. The third kappa shape index (κ3) is 7.32. The van der Waals surface area contributed by atoms with E-state index in [9.17, 15) is 4.79 Å². The Morgan fingerprint density at radius 3 is 2.62 bits per heavy atom. The van der Waals surface area contributed by atoms with Gasteiger partial charge in [-0.25, -0.2) is 4.68 Å². The summed E-state index contributed by atoms with van der Waals surface area (Å²) in [6.45, 7) is 13.4. The van der Waals surface area contributed by atoms with Crippen LogP contribution in [0, 0.1) is 13.8 Å². The Balaban J connectivity index is 1.79. The number of carbonyl (C=O) groups excluding carboxylic acids is 1. The molecule has 3 aromatic rings. The minimum absolute atomic E-state index is 0.200. The monoisotopic (exact) mass is 655 g/mol. The number of rotatable bonds is 14. The maximum atomic E-state index is 14.1. The Bertz CT molecular complexity index is 1440. The molecule has 2 heterocycles. The number of aryl methyl sites for hydroxylation is 1. The zero-order chi connectivity index (χ0) is 30.2. The number of halogens is 1. The molecule has 10 heteroatoms. The average Bonchev–Trinajstić information content (AvgIpc) is 3.36. The van der Waals surface area contributed by atoms with Crippen molar-refractivity contribution < 1.29 is 14.3 Å². The molecule has 4 rings (SSSR count). The summed E-state index contributed by atoms with van der Waals surface area (Å²) in [5.41, 5.74) is 5.06. The van der Waals surface area contributed by atoms with Crippen LogP contribution in [0.1, 0.15) is 82.5 Å². The van der Waals surface area contributed by atoms with Crippen LogP contribution in [-0.4, -0.2) is 39.6 Å². The van der Waals surface area contributed by atoms with Crippen molar-refractivity contribution in [1.82, 2.24) is 14.8 Å². The van der Waals surface area contributed by atoms with Crippen LogP contribution in [0.15, 0.2) is 51.2 Å². The lowest BCUT2D eigenvalue weighted by atomic mass is 9.94. The average molecular weight is 657 g/mol. The van der Waals surface area contributed by atoms with Crippen molar-refractivity contribution in [3.8, 4) is 11.5 Å². The predicted molar refractivity (Wildman–Crippen MR) is 175 cm³/mol. The minimum Gasteiger partial charge on any atom is -0.490 e. The molecular formula is C32H42BrN5O3S. The topological polar surface area (TPSA) is 90.3 Å². The number of hydrogen-bond donors (Lipinski definition) is 2. The summed E-state index contributed by atoms with van der Waals surface area (Å²) in [5.74, 6) is 2.63. The Morgan fingerprint density at radius 1 is 1.10 bits per heavy atom. The van der Waals surface area contributed by atoms with E-state index in [2.05, 4.69) is 40.4 Å². The van der Waals surface area contributed by atoms with Gasteiger partial charge in [0.15, 0.2) is 11.5 Å². The molecule has 42 heavy (non-hydrogen) atoms. The molecule has 2 aromatic carbocycles. The highest BCUT2D eigenvalue weighted by Gasteiger charge is 2.35. The van der Waals surface area contributed by atoms with Gasteiger partial charge in [-0.1, -0.05) is 57.0 Å². The molecule has 1 aliphatic heterocycles. The number of nitrogens with zero attached hydrogens (tertiary/aromatic N) is 3. The third-order valence-corrected chi connectivity index (χ3v) is 8.81. The highest BCUT2D eigenvalue weighted by atomic mass is 79.9. The Kier molecular flexibility index (Phi) is 11.4. The number of thioether (sulfide) groups is 1. The number of benzene rings is 2. The van der Waals surface area contributed by atoms with Crippen LogP contribution in [0.3, 0.4) is 0 Å². The van der Waals surface area contributed by atoms with Crippen LogP contribution >= 0.6 is 27.7 Å². The summed E-state index contributed by atoms with van der Waals surface area (Å²) >= 11 is 5.37. The summed E-state index contributed by atoms with van der Waals surface area (Å²) in [6, 6.07) is 9.35. The van der Waals surface area contributed by atoms with Gasteiger partial charge in [0.05, 0.1) is 23.3 Å². The molecule has 0 aliphatic carbocycles. The van der Waals surface area contributed by atoms with Crippen LogP contribution < -0.4 is 20.1 Å². The smallest absolute Gasteiger partial charge is 0.255 e. The lowest BCUT2D eigenvalue weighted by Crippen LogP contribution is -2.31. The van der Waals surface area contributed by atoms with Gasteiger partial charge < -0.3 is 20.1 Å². The molecule has 0 radical (unpaired) electrons. The predicted octanol–water partition coefficient (Wildman–Crippen LogP) is 8.44. The molecule has 226 valence electrons. The molecule has 0 bridgehead atoms. The highest BCUT2D eigenvalue weighted by molar-refractivity contribution is 9.10. The zero-order valence-corrected chi connectivity index (χ0v) is 27.9. The highest BCUT2D eigenvalue weighted by Crippen LogP contribution is 2.43. The summed E-state index contributed by atoms with van der Waals surface area (Å²) in [4.78, 5) is 18.9. The van der Waals surface area contributed by atoms with E-state index in [0.29, 0.717) is 41.4 Å². The maximum Gasteiger partial charge on any atom is 0.255 e. The van der Waals surface area contributed by atoms with E-state index in [1.54, 1.807) is 11.8 Å². The van der Waals surface area contributed by atoms with Gasteiger partial charge in [0.1, 0.15) is 6.04 Å². The van der Waals surface area contributed by atoms with Gasteiger partial charge in [-0.2, -0.15) is 4.98 Å². The molecule has 1 atom stereocenters. The summed E-state index contributed by atoms with van der Waals surface area (Å²) in [5, 5.41) is 12.1. The molecule has 1 amide bonds. The van der Waals surface area contributed by atoms with Crippen molar-refractivity contribution in [2.75, 3.05) is 29.6 Å². The number of ether oxygens (including phenoxy) is 2. The molecular weight excluding hydrogens is 614 g/mol. The van der Waals surface area contributed by atoms with Gasteiger partial charge in [0.25, 0.3) is 5.91 Å². The number of nitrogens with one attached hydrogen (secondary N) is 2. The van der Waals surface area contributed by atoms with Crippen LogP contribution in [-0.2, 0) is 4.79 Å². The number of aromatic nitrogens is 3. The summed E-state index contributed by atoms with van der Waals surface area (Å²) in [6.07, 6.45) is 5.37. The molecule has 0 saturated heterocycles. The van der Waals surface area contributed by atoms with E-state index in [4.69, 9.17) is 19.6 Å². The fourth-order valence-corrected chi connectivity index (χ4v) is 6.34. The van der Waals surface area contributed by atoms with Gasteiger partial charge in [-0.3, -0.25) is 4.79 Å². The molecule has 0 spiro atoms. The van der Waals surface area contributed by atoms with Gasteiger partial charge >= 0.3 is 0 Å². The van der Waals surface area contributed by atoms with Crippen molar-refractivity contribution in [2.45, 2.75) is 84.8 Å². The van der Waals surface area contributed by atoms with E-state index in [1.165, 1.54) is 0 Å². The van der Waals surface area contributed by atoms with E-state index in [1.807, 2.05) is 62.7 Å². The number of anilines is 2. The second-order valence-corrected chi connectivity index (χ2v) is 12.4. The molecule has 8 nitrogen and oxygen atoms in total. The van der Waals surface area contributed by atoms with Crippen LogP contribution in [0.4, 0.5) is 11.6 Å². The van der Waals surface area contributed by atoms with Crippen molar-refractivity contribution in [3.63, 3.8) is 0 Å². The van der Waals surface area contributed by atoms with Gasteiger partial charge in [0, 0.05) is 17.1 Å². The molecule has 0 saturated carbocycles. The van der Waals surface area contributed by atoms with Crippen molar-refractivity contribution in [2.24, 2.45) is 0 Å². The second-order valence-electron chi connectivity index (χ2n) is 10.5. The Morgan fingerprint density at radius 2 is 1.88 bits per heavy atom. The van der Waals surface area contributed by atoms with Crippen molar-refractivity contribution in [1.29, 1.82) is 0 Å². The zero-order valence-electron chi connectivity index (χ0n) is 25.5. The number of allylic oxidation sites excluding steroid dienone is 1. The van der Waals surface area contributed by atoms with Gasteiger partial charge in [0.2, 0.25) is 11.1 Å². The Labute approximate surface area is 262 Å². The van der Waals surface area contributed by atoms with Gasteiger partial charge in [-0.05, 0) is 91.4 Å². The fraction of sp³-hybridized carbons (Fsp3) is 0.469. The first-order chi connectivity index (χ1) is 20.3. The summed E-state index contributed by atoms with van der Waals surface area (Å²) in [7, 11) is 0. The quantitative estimate of drug-likeness (QED) is 0.133. The van der Waals surface area contributed by atoms with E-state index in [0.717, 1.165) is 70.4 Å². The van der Waals surface area contributed by atoms with Crippen molar-refractivity contribution >= 4 is 45.2 Å². The Hall–Kier alpha value is -2.98. The fourth-order valence-electron chi connectivity index (χ4n) is 4.85. The van der Waals surface area contributed by atoms with Crippen molar-refractivity contribution in [3.05, 3.63) is 62.8 Å². The molecule has 2 N–H and O–H groups in total. The second kappa shape index (κ2) is 15.0. The lowest BCUT2D eigenvalue weighted by molar-refractivity contribution is -0.113. The number of amides is 1. The number of unbranched alkanes of at least 4 members (excludes halogenated alkanes) is 3. The number of fused-ring (bicyclic) bond motifs is 1. The van der Waals surface area contributed by atoms with E-state index < -0.39 is 6.04 Å². The largest absolute Gasteiger partial charge is 0.490 e. The molecule has 1 unspecified atom stereocenters. The number of hydrogen-bond acceptors (Lipinski definition) is 7. The third-order valence-electron chi connectivity index (χ3n) is 7.30.